The van der Waals surface area contributed by atoms with Gasteiger partial charge in [-0.3, -0.25) is 14.0 Å². The van der Waals surface area contributed by atoms with E-state index in [1.165, 1.54) is 39.2 Å². The molecular weight excluding hydrogens is 408 g/mol. The second-order valence-electron chi connectivity index (χ2n) is 9.13. The molecule has 0 spiro atoms. The Hall–Kier alpha value is -2.61. The molecule has 8 nitrogen and oxygen atoms in total. The summed E-state index contributed by atoms with van der Waals surface area (Å²) in [6, 6.07) is 3.79. The van der Waals surface area contributed by atoms with E-state index in [2.05, 4.69) is 15.6 Å². The Balaban J connectivity index is 1.50. The Morgan fingerprint density at radius 3 is 2.72 bits per heavy atom. The van der Waals surface area contributed by atoms with E-state index in [9.17, 15) is 9.59 Å². The summed E-state index contributed by atoms with van der Waals surface area (Å²) in [7, 11) is 1.40. The number of piperidine rings is 1. The fourth-order valence-electron chi connectivity index (χ4n) is 5.01. The highest BCUT2D eigenvalue weighted by molar-refractivity contribution is 5.95. The second kappa shape index (κ2) is 9.90. The number of rotatable bonds is 7. The highest BCUT2D eigenvalue weighted by atomic mass is 16.5. The number of carbonyl (C=O) groups is 2. The van der Waals surface area contributed by atoms with Crippen LogP contribution in [0.4, 0.5) is 0 Å². The molecule has 2 fully saturated rings. The van der Waals surface area contributed by atoms with Gasteiger partial charge < -0.3 is 20.1 Å². The lowest BCUT2D eigenvalue weighted by Crippen LogP contribution is -2.50. The summed E-state index contributed by atoms with van der Waals surface area (Å²) < 4.78 is 13.0. The van der Waals surface area contributed by atoms with Crippen molar-refractivity contribution < 1.29 is 19.1 Å². The van der Waals surface area contributed by atoms with Crippen molar-refractivity contribution in [2.24, 2.45) is 11.3 Å². The van der Waals surface area contributed by atoms with Crippen molar-refractivity contribution in [2.45, 2.75) is 51.9 Å². The molecule has 0 unspecified atom stereocenters. The summed E-state index contributed by atoms with van der Waals surface area (Å²) in [6.45, 7) is 4.20. The molecular formula is C24H34N4O4. The Labute approximate surface area is 189 Å². The van der Waals surface area contributed by atoms with Gasteiger partial charge in [-0.15, -0.1) is 0 Å². The SMILES string of the molecule is COC(=O)C1(CNC(=O)c2c(C)nc3c(OCC4CCCCC4)cccn23)CCNCC1. The van der Waals surface area contributed by atoms with Gasteiger partial charge >= 0.3 is 5.97 Å². The van der Waals surface area contributed by atoms with Gasteiger partial charge in [0.15, 0.2) is 11.4 Å². The average Bonchev–Trinajstić information content (AvgIpc) is 3.18. The first-order chi connectivity index (χ1) is 15.5. The summed E-state index contributed by atoms with van der Waals surface area (Å²) in [6.07, 6.45) is 9.37. The number of ether oxygens (including phenoxy) is 2. The number of imidazole rings is 1. The Bertz CT molecular complexity index is 958. The molecule has 1 amide bonds. The van der Waals surface area contributed by atoms with Gasteiger partial charge in [0.05, 0.1) is 24.8 Å². The number of nitrogens with zero attached hydrogens (tertiary/aromatic N) is 2. The minimum absolute atomic E-state index is 0.241. The van der Waals surface area contributed by atoms with Gasteiger partial charge in [-0.05, 0) is 63.7 Å². The van der Waals surface area contributed by atoms with Gasteiger partial charge in [0.25, 0.3) is 5.91 Å². The lowest BCUT2D eigenvalue weighted by molar-refractivity contribution is -0.154. The molecule has 32 heavy (non-hydrogen) atoms. The lowest BCUT2D eigenvalue weighted by atomic mass is 9.79. The molecule has 1 aliphatic heterocycles. The van der Waals surface area contributed by atoms with Crippen LogP contribution in [0.1, 0.15) is 61.1 Å². The number of aromatic nitrogens is 2. The first-order valence-electron chi connectivity index (χ1n) is 11.7. The highest BCUT2D eigenvalue weighted by Crippen LogP contribution is 2.30. The predicted molar refractivity (Wildman–Crippen MR) is 121 cm³/mol. The molecule has 4 rings (SSSR count). The van der Waals surface area contributed by atoms with E-state index in [-0.39, 0.29) is 18.4 Å². The van der Waals surface area contributed by atoms with Crippen LogP contribution in [-0.4, -0.2) is 54.6 Å². The molecule has 2 aromatic rings. The largest absolute Gasteiger partial charge is 0.489 e. The van der Waals surface area contributed by atoms with Crippen molar-refractivity contribution in [1.82, 2.24) is 20.0 Å². The van der Waals surface area contributed by atoms with E-state index in [1.807, 2.05) is 25.3 Å². The zero-order valence-electron chi connectivity index (χ0n) is 19.1. The van der Waals surface area contributed by atoms with Gasteiger partial charge in [0, 0.05) is 12.7 Å². The fraction of sp³-hybridized carbons (Fsp3) is 0.625. The van der Waals surface area contributed by atoms with E-state index in [0.29, 0.717) is 48.2 Å². The summed E-state index contributed by atoms with van der Waals surface area (Å²) >= 11 is 0. The van der Waals surface area contributed by atoms with Gasteiger partial charge in [-0.1, -0.05) is 19.3 Å². The van der Waals surface area contributed by atoms with Crippen LogP contribution in [0, 0.1) is 18.3 Å². The number of hydrogen-bond donors (Lipinski definition) is 2. The van der Waals surface area contributed by atoms with Gasteiger partial charge in [0.1, 0.15) is 5.69 Å². The van der Waals surface area contributed by atoms with Crippen LogP contribution in [0.5, 0.6) is 5.75 Å². The monoisotopic (exact) mass is 442 g/mol. The number of aryl methyl sites for hydroxylation is 1. The summed E-state index contributed by atoms with van der Waals surface area (Å²) in [4.78, 5) is 30.3. The number of esters is 1. The topological polar surface area (TPSA) is 94.0 Å². The van der Waals surface area contributed by atoms with E-state index in [1.54, 1.807) is 4.40 Å². The maximum Gasteiger partial charge on any atom is 0.313 e. The van der Waals surface area contributed by atoms with Crippen molar-refractivity contribution >= 4 is 17.5 Å². The van der Waals surface area contributed by atoms with Crippen LogP contribution < -0.4 is 15.4 Å². The lowest BCUT2D eigenvalue weighted by Gasteiger charge is -2.34. The molecule has 1 aliphatic carbocycles. The zero-order chi connectivity index (χ0) is 22.6. The quantitative estimate of drug-likeness (QED) is 0.641. The van der Waals surface area contributed by atoms with E-state index >= 15 is 0 Å². The maximum atomic E-state index is 13.2. The highest BCUT2D eigenvalue weighted by Gasteiger charge is 2.41. The predicted octanol–water partition coefficient (Wildman–Crippen LogP) is 2.87. The summed E-state index contributed by atoms with van der Waals surface area (Å²) in [5, 5.41) is 6.24. The standard InChI is InChI=1S/C24H34N4O4/c1-17-20(22(29)26-16-24(23(30)31-2)10-12-25-13-11-24)28-14-6-9-19(21(28)27-17)32-15-18-7-4-3-5-8-18/h6,9,14,18,25H,3-5,7-8,10-13,15-16H2,1-2H3,(H,26,29). The number of fused-ring (bicyclic) bond motifs is 1. The molecule has 0 aromatic carbocycles. The van der Waals surface area contributed by atoms with Crippen molar-refractivity contribution in [3.63, 3.8) is 0 Å². The van der Waals surface area contributed by atoms with Crippen LogP contribution in [0.25, 0.3) is 5.65 Å². The molecule has 8 heteroatoms. The average molecular weight is 443 g/mol. The van der Waals surface area contributed by atoms with Crippen LogP contribution >= 0.6 is 0 Å². The number of amides is 1. The molecule has 0 radical (unpaired) electrons. The fourth-order valence-corrected chi connectivity index (χ4v) is 5.01. The van der Waals surface area contributed by atoms with Crippen LogP contribution in [-0.2, 0) is 9.53 Å². The maximum absolute atomic E-state index is 13.2. The molecule has 3 heterocycles. The first kappa shape index (κ1) is 22.6. The minimum atomic E-state index is -0.696. The number of methoxy groups -OCH3 is 1. The van der Waals surface area contributed by atoms with E-state index < -0.39 is 5.41 Å². The first-order valence-corrected chi connectivity index (χ1v) is 11.7. The van der Waals surface area contributed by atoms with Crippen LogP contribution in [0.2, 0.25) is 0 Å². The zero-order valence-corrected chi connectivity index (χ0v) is 19.1. The number of pyridine rings is 1. The van der Waals surface area contributed by atoms with E-state index in [4.69, 9.17) is 9.47 Å². The number of hydrogen-bond acceptors (Lipinski definition) is 6. The van der Waals surface area contributed by atoms with Crippen LogP contribution in [0.3, 0.4) is 0 Å². The van der Waals surface area contributed by atoms with Crippen LogP contribution in [0.15, 0.2) is 18.3 Å². The van der Waals surface area contributed by atoms with Gasteiger partial charge in [0.2, 0.25) is 0 Å². The number of carbonyl (C=O) groups excluding carboxylic acids is 2. The summed E-state index contributed by atoms with van der Waals surface area (Å²) in [5.41, 5.74) is 1.06. The van der Waals surface area contributed by atoms with E-state index in [0.717, 1.165) is 13.1 Å². The molecule has 0 bridgehead atoms. The van der Waals surface area contributed by atoms with Crippen molar-refractivity contribution in [3.05, 3.63) is 29.7 Å². The molecule has 2 aliphatic rings. The minimum Gasteiger partial charge on any atom is -0.489 e. The van der Waals surface area contributed by atoms with Gasteiger partial charge in [-0.2, -0.15) is 0 Å². The molecule has 2 aromatic heterocycles. The normalized spacial score (nSPS) is 18.9. The van der Waals surface area contributed by atoms with Crippen molar-refractivity contribution in [2.75, 3.05) is 33.4 Å². The number of nitrogens with one attached hydrogen (secondary N) is 2. The third kappa shape index (κ3) is 4.60. The molecule has 0 atom stereocenters. The second-order valence-corrected chi connectivity index (χ2v) is 9.13. The molecule has 2 N–H and O–H groups in total. The van der Waals surface area contributed by atoms with Crippen molar-refractivity contribution in [3.8, 4) is 5.75 Å². The Kier molecular flexibility index (Phi) is 6.98. The Morgan fingerprint density at radius 2 is 2.00 bits per heavy atom. The summed E-state index contributed by atoms with van der Waals surface area (Å²) in [5.74, 6) is 0.765. The van der Waals surface area contributed by atoms with Crippen molar-refractivity contribution in [1.29, 1.82) is 0 Å². The Morgan fingerprint density at radius 1 is 1.25 bits per heavy atom. The third-order valence-electron chi connectivity index (χ3n) is 6.97. The smallest absolute Gasteiger partial charge is 0.313 e. The molecule has 1 saturated carbocycles. The molecule has 1 saturated heterocycles. The molecule has 174 valence electrons. The van der Waals surface area contributed by atoms with Gasteiger partial charge in [-0.25, -0.2) is 4.98 Å². The third-order valence-corrected chi connectivity index (χ3v) is 6.97.